The highest BCUT2D eigenvalue weighted by Gasteiger charge is 2.14. The fourth-order valence-electron chi connectivity index (χ4n) is 2.08. The van der Waals surface area contributed by atoms with Gasteiger partial charge in [0.05, 0.1) is 0 Å². The summed E-state index contributed by atoms with van der Waals surface area (Å²) in [5.41, 5.74) is 0.347. The topological polar surface area (TPSA) is 12.0 Å². The molecule has 0 aliphatic carbocycles. The maximum atomic E-state index is 3.62. The van der Waals surface area contributed by atoms with E-state index in [-0.39, 0.29) is 0 Å². The van der Waals surface area contributed by atoms with Gasteiger partial charge in [-0.3, -0.25) is 0 Å². The molecule has 98 valence electrons. The van der Waals surface area contributed by atoms with Crippen molar-refractivity contribution in [3.63, 3.8) is 0 Å². The van der Waals surface area contributed by atoms with Crippen LogP contribution in [0.25, 0.3) is 0 Å². The van der Waals surface area contributed by atoms with Crippen LogP contribution >= 0.6 is 0 Å². The van der Waals surface area contributed by atoms with E-state index in [1.807, 2.05) is 0 Å². The van der Waals surface area contributed by atoms with Gasteiger partial charge in [0.15, 0.2) is 0 Å². The zero-order chi connectivity index (χ0) is 12.3. The van der Waals surface area contributed by atoms with Crippen molar-refractivity contribution in [3.05, 3.63) is 0 Å². The van der Waals surface area contributed by atoms with Crippen molar-refractivity contribution < 1.29 is 0 Å². The largest absolute Gasteiger partial charge is 0.312 e. The summed E-state index contributed by atoms with van der Waals surface area (Å²) in [6.07, 6.45) is 12.4. The maximum Gasteiger partial charge on any atom is 0.0125 e. The van der Waals surface area contributed by atoms with Gasteiger partial charge in [-0.25, -0.2) is 0 Å². The van der Waals surface area contributed by atoms with Crippen molar-refractivity contribution in [1.29, 1.82) is 0 Å². The summed E-state index contributed by atoms with van der Waals surface area (Å²) in [4.78, 5) is 0. The monoisotopic (exact) mass is 227 g/mol. The fourth-order valence-corrected chi connectivity index (χ4v) is 2.08. The van der Waals surface area contributed by atoms with E-state index in [0.29, 0.717) is 5.54 Å². The highest BCUT2D eigenvalue weighted by molar-refractivity contribution is 4.76. The van der Waals surface area contributed by atoms with Crippen molar-refractivity contribution in [2.24, 2.45) is 0 Å². The predicted octanol–water partition coefficient (Wildman–Crippen LogP) is 4.91. The molecule has 0 atom stereocenters. The van der Waals surface area contributed by atoms with E-state index in [1.54, 1.807) is 0 Å². The second-order valence-electron chi connectivity index (χ2n) is 5.68. The summed E-state index contributed by atoms with van der Waals surface area (Å²) in [7, 11) is 0. The molecule has 1 heteroatoms. The second kappa shape index (κ2) is 10.1. The molecule has 0 aromatic carbocycles. The van der Waals surface area contributed by atoms with Crippen LogP contribution in [0.4, 0.5) is 0 Å². The van der Waals surface area contributed by atoms with Crippen LogP contribution in [0.2, 0.25) is 0 Å². The van der Waals surface area contributed by atoms with Crippen molar-refractivity contribution in [2.45, 2.75) is 91.0 Å². The molecule has 0 aliphatic heterocycles. The lowest BCUT2D eigenvalue weighted by Gasteiger charge is -2.26. The quantitative estimate of drug-likeness (QED) is 0.495. The molecule has 0 rings (SSSR count). The first-order valence-electron chi connectivity index (χ1n) is 7.37. The molecule has 16 heavy (non-hydrogen) atoms. The Morgan fingerprint density at radius 3 is 1.88 bits per heavy atom. The maximum absolute atomic E-state index is 3.62. The molecule has 1 N–H and O–H groups in total. The molecule has 0 saturated carbocycles. The zero-order valence-corrected chi connectivity index (χ0v) is 12.1. The van der Waals surface area contributed by atoms with Gasteiger partial charge >= 0.3 is 0 Å². The smallest absolute Gasteiger partial charge is 0.0125 e. The first-order chi connectivity index (χ1) is 7.62. The van der Waals surface area contributed by atoms with Crippen LogP contribution in [0, 0.1) is 0 Å². The van der Waals surface area contributed by atoms with Gasteiger partial charge in [-0.2, -0.15) is 0 Å². The van der Waals surface area contributed by atoms with Gasteiger partial charge in [-0.05, 0) is 33.2 Å². The lowest BCUT2D eigenvalue weighted by Crippen LogP contribution is -2.39. The van der Waals surface area contributed by atoms with E-state index in [9.17, 15) is 0 Å². The van der Waals surface area contributed by atoms with Gasteiger partial charge in [0.25, 0.3) is 0 Å². The Labute approximate surface area is 103 Å². The SMILES string of the molecule is CCCCCCCCCC(C)(C)NCCC. The van der Waals surface area contributed by atoms with E-state index < -0.39 is 0 Å². The van der Waals surface area contributed by atoms with E-state index in [4.69, 9.17) is 0 Å². The summed E-state index contributed by atoms with van der Waals surface area (Å²) in [5.74, 6) is 0. The molecule has 0 radical (unpaired) electrons. The Bertz CT molecular complexity index is 140. The van der Waals surface area contributed by atoms with E-state index >= 15 is 0 Å². The van der Waals surface area contributed by atoms with E-state index in [0.717, 1.165) is 6.54 Å². The lowest BCUT2D eigenvalue weighted by atomic mass is 9.96. The number of hydrogen-bond acceptors (Lipinski definition) is 1. The molecule has 0 fully saturated rings. The molecule has 0 unspecified atom stereocenters. The molecule has 0 aromatic heterocycles. The highest BCUT2D eigenvalue weighted by Crippen LogP contribution is 2.15. The highest BCUT2D eigenvalue weighted by atomic mass is 14.9. The number of hydrogen-bond donors (Lipinski definition) is 1. The van der Waals surface area contributed by atoms with Crippen molar-refractivity contribution in [2.75, 3.05) is 6.54 Å². The normalized spacial score (nSPS) is 12.0. The van der Waals surface area contributed by atoms with Crippen LogP contribution in [0.3, 0.4) is 0 Å². The van der Waals surface area contributed by atoms with Crippen LogP contribution < -0.4 is 5.32 Å². The summed E-state index contributed by atoms with van der Waals surface area (Å²) in [6.45, 7) is 10.3. The average Bonchev–Trinajstić information content (AvgIpc) is 2.25. The third-order valence-corrected chi connectivity index (χ3v) is 3.26. The number of rotatable bonds is 11. The van der Waals surface area contributed by atoms with Crippen molar-refractivity contribution >= 4 is 0 Å². The Morgan fingerprint density at radius 2 is 1.31 bits per heavy atom. The predicted molar refractivity (Wildman–Crippen MR) is 75.0 cm³/mol. The van der Waals surface area contributed by atoms with Gasteiger partial charge in [0.2, 0.25) is 0 Å². The molecule has 0 spiro atoms. The zero-order valence-electron chi connectivity index (χ0n) is 12.1. The summed E-state index contributed by atoms with van der Waals surface area (Å²) < 4.78 is 0. The first-order valence-corrected chi connectivity index (χ1v) is 7.37. The van der Waals surface area contributed by atoms with Crippen LogP contribution in [0.5, 0.6) is 0 Å². The van der Waals surface area contributed by atoms with Crippen molar-refractivity contribution in [1.82, 2.24) is 5.32 Å². The van der Waals surface area contributed by atoms with Crippen LogP contribution in [-0.4, -0.2) is 12.1 Å². The van der Waals surface area contributed by atoms with Crippen LogP contribution in [-0.2, 0) is 0 Å². The van der Waals surface area contributed by atoms with Crippen LogP contribution in [0.1, 0.15) is 85.5 Å². The Morgan fingerprint density at radius 1 is 0.750 bits per heavy atom. The van der Waals surface area contributed by atoms with Gasteiger partial charge in [-0.1, -0.05) is 58.8 Å². The Balaban J connectivity index is 3.29. The molecule has 0 saturated heterocycles. The fraction of sp³-hybridized carbons (Fsp3) is 1.00. The van der Waals surface area contributed by atoms with Gasteiger partial charge in [-0.15, -0.1) is 0 Å². The Hall–Kier alpha value is -0.0400. The molecular weight excluding hydrogens is 194 g/mol. The molecule has 0 heterocycles. The molecule has 0 aliphatic rings. The molecule has 0 aromatic rings. The average molecular weight is 227 g/mol. The minimum Gasteiger partial charge on any atom is -0.312 e. The van der Waals surface area contributed by atoms with Crippen LogP contribution in [0.15, 0.2) is 0 Å². The lowest BCUT2D eigenvalue weighted by molar-refractivity contribution is 0.347. The summed E-state index contributed by atoms with van der Waals surface area (Å²) in [6, 6.07) is 0. The van der Waals surface area contributed by atoms with E-state index in [1.165, 1.54) is 57.8 Å². The van der Waals surface area contributed by atoms with E-state index in [2.05, 4.69) is 33.0 Å². The minimum atomic E-state index is 0.347. The molecule has 1 nitrogen and oxygen atoms in total. The standard InChI is InChI=1S/C15H33N/c1-5-7-8-9-10-11-12-13-15(3,4)16-14-6-2/h16H,5-14H2,1-4H3. The Kier molecular flexibility index (Phi) is 10.1. The van der Waals surface area contributed by atoms with Crippen molar-refractivity contribution in [3.8, 4) is 0 Å². The third-order valence-electron chi connectivity index (χ3n) is 3.26. The second-order valence-corrected chi connectivity index (χ2v) is 5.68. The third kappa shape index (κ3) is 10.5. The summed E-state index contributed by atoms with van der Waals surface area (Å²) >= 11 is 0. The van der Waals surface area contributed by atoms with Gasteiger partial charge < -0.3 is 5.32 Å². The molecular formula is C15H33N. The number of nitrogens with one attached hydrogen (secondary N) is 1. The van der Waals surface area contributed by atoms with Gasteiger partial charge in [0.1, 0.15) is 0 Å². The minimum absolute atomic E-state index is 0.347. The molecule has 0 amide bonds. The van der Waals surface area contributed by atoms with Gasteiger partial charge in [0, 0.05) is 5.54 Å². The summed E-state index contributed by atoms with van der Waals surface area (Å²) in [5, 5.41) is 3.62. The number of unbranched alkanes of at least 4 members (excludes halogenated alkanes) is 6. The first kappa shape index (κ1) is 16.0. The molecule has 0 bridgehead atoms.